The van der Waals surface area contributed by atoms with E-state index in [2.05, 4.69) is 29.1 Å². The third kappa shape index (κ3) is 2.64. The number of carbonyl (C=O) groups is 1. The molecule has 7 nitrogen and oxygen atoms in total. The van der Waals surface area contributed by atoms with Crippen molar-refractivity contribution in [2.45, 2.75) is 26.8 Å². The van der Waals surface area contributed by atoms with Crippen molar-refractivity contribution in [1.29, 1.82) is 0 Å². The molecule has 2 rings (SSSR count). The van der Waals surface area contributed by atoms with Crippen molar-refractivity contribution < 1.29 is 9.90 Å². The minimum Gasteiger partial charge on any atom is -0.476 e. The number of aromatic nitrogens is 5. The summed E-state index contributed by atoms with van der Waals surface area (Å²) in [5.41, 5.74) is 0.402. The van der Waals surface area contributed by atoms with Crippen LogP contribution in [0.15, 0.2) is 12.4 Å². The highest BCUT2D eigenvalue weighted by atomic mass is 16.4. The number of imidazole rings is 1. The highest BCUT2D eigenvalue weighted by Gasteiger charge is 2.23. The molecule has 102 valence electrons. The van der Waals surface area contributed by atoms with E-state index in [0.29, 0.717) is 24.0 Å². The Morgan fingerprint density at radius 2 is 2.21 bits per heavy atom. The van der Waals surface area contributed by atoms with Crippen LogP contribution < -0.4 is 0 Å². The van der Waals surface area contributed by atoms with E-state index >= 15 is 0 Å². The predicted molar refractivity (Wildman–Crippen MR) is 68.6 cm³/mol. The Morgan fingerprint density at radius 1 is 1.47 bits per heavy atom. The first-order valence-corrected chi connectivity index (χ1v) is 6.15. The van der Waals surface area contributed by atoms with Gasteiger partial charge in [0.2, 0.25) is 5.69 Å². The minimum absolute atomic E-state index is 0.0574. The number of nitrogens with zero attached hydrogens (tertiary/aromatic N) is 5. The Bertz CT molecular complexity index is 585. The summed E-state index contributed by atoms with van der Waals surface area (Å²) in [6, 6.07) is 0. The summed E-state index contributed by atoms with van der Waals surface area (Å²) in [5, 5.41) is 16.9. The van der Waals surface area contributed by atoms with Crippen LogP contribution in [0.3, 0.4) is 0 Å². The van der Waals surface area contributed by atoms with Crippen molar-refractivity contribution in [1.82, 2.24) is 24.5 Å². The summed E-state index contributed by atoms with van der Waals surface area (Å²) >= 11 is 0. The fourth-order valence-corrected chi connectivity index (χ4v) is 1.81. The van der Waals surface area contributed by atoms with Crippen molar-refractivity contribution in [3.05, 3.63) is 18.1 Å². The van der Waals surface area contributed by atoms with Gasteiger partial charge in [-0.25, -0.2) is 14.5 Å². The molecule has 0 aliphatic carbocycles. The van der Waals surface area contributed by atoms with E-state index in [-0.39, 0.29) is 5.69 Å². The Balaban J connectivity index is 2.45. The zero-order chi connectivity index (χ0) is 14.0. The second-order valence-electron chi connectivity index (χ2n) is 4.86. The zero-order valence-corrected chi connectivity index (χ0v) is 11.2. The third-order valence-electron chi connectivity index (χ3n) is 2.89. The fraction of sp³-hybridized carbons (Fsp3) is 0.500. The van der Waals surface area contributed by atoms with Crippen LogP contribution in [-0.4, -0.2) is 35.6 Å². The van der Waals surface area contributed by atoms with Crippen LogP contribution in [0.5, 0.6) is 0 Å². The number of rotatable bonds is 5. The molecule has 2 aromatic heterocycles. The number of aryl methyl sites for hydroxylation is 2. The number of aromatic carboxylic acids is 1. The second kappa shape index (κ2) is 5.21. The third-order valence-corrected chi connectivity index (χ3v) is 2.89. The van der Waals surface area contributed by atoms with E-state index < -0.39 is 5.97 Å². The summed E-state index contributed by atoms with van der Waals surface area (Å²) in [7, 11) is 1.81. The van der Waals surface area contributed by atoms with Crippen molar-refractivity contribution >= 4 is 5.97 Å². The van der Waals surface area contributed by atoms with Crippen LogP contribution >= 0.6 is 0 Å². The van der Waals surface area contributed by atoms with Gasteiger partial charge in [-0.2, -0.15) is 0 Å². The van der Waals surface area contributed by atoms with Gasteiger partial charge in [0.25, 0.3) is 0 Å². The normalized spacial score (nSPS) is 11.2. The van der Waals surface area contributed by atoms with Gasteiger partial charge in [-0.05, 0) is 12.3 Å². The van der Waals surface area contributed by atoms with Gasteiger partial charge in [-0.1, -0.05) is 19.1 Å². The van der Waals surface area contributed by atoms with E-state index in [1.807, 2.05) is 7.05 Å². The Morgan fingerprint density at radius 3 is 2.74 bits per heavy atom. The molecule has 0 aliphatic heterocycles. The molecule has 0 radical (unpaired) electrons. The quantitative estimate of drug-likeness (QED) is 0.881. The molecule has 1 N–H and O–H groups in total. The average Bonchev–Trinajstić information content (AvgIpc) is 2.91. The molecular weight excluding hydrogens is 246 g/mol. The molecule has 0 amide bonds. The monoisotopic (exact) mass is 263 g/mol. The van der Waals surface area contributed by atoms with E-state index in [0.717, 1.165) is 6.42 Å². The first-order valence-electron chi connectivity index (χ1n) is 6.15. The SMILES string of the molecule is CC(C)CCn1nnc(C(=O)O)c1-c1nccn1C. The van der Waals surface area contributed by atoms with Crippen LogP contribution in [0.1, 0.15) is 30.8 Å². The molecule has 2 heterocycles. The predicted octanol–water partition coefficient (Wildman–Crippen LogP) is 1.42. The molecule has 2 aromatic rings. The molecule has 0 saturated heterocycles. The maximum atomic E-state index is 11.2. The van der Waals surface area contributed by atoms with Gasteiger partial charge in [0.05, 0.1) is 0 Å². The lowest BCUT2D eigenvalue weighted by Gasteiger charge is -2.08. The van der Waals surface area contributed by atoms with Crippen LogP contribution in [0.4, 0.5) is 0 Å². The number of hydrogen-bond acceptors (Lipinski definition) is 4. The molecule has 7 heteroatoms. The summed E-state index contributed by atoms with van der Waals surface area (Å²) in [5.74, 6) is -0.0216. The van der Waals surface area contributed by atoms with E-state index in [1.54, 1.807) is 21.6 Å². The van der Waals surface area contributed by atoms with Crippen LogP contribution in [-0.2, 0) is 13.6 Å². The van der Waals surface area contributed by atoms with Crippen molar-refractivity contribution in [2.24, 2.45) is 13.0 Å². The summed E-state index contributed by atoms with van der Waals surface area (Å²) in [6.07, 6.45) is 4.29. The largest absolute Gasteiger partial charge is 0.476 e. The highest BCUT2D eigenvalue weighted by molar-refractivity contribution is 5.91. The van der Waals surface area contributed by atoms with Gasteiger partial charge < -0.3 is 9.67 Å². The number of hydrogen-bond donors (Lipinski definition) is 1. The molecule has 0 atom stereocenters. The first kappa shape index (κ1) is 13.3. The van der Waals surface area contributed by atoms with E-state index in [1.165, 1.54) is 0 Å². The molecule has 0 spiro atoms. The van der Waals surface area contributed by atoms with Crippen LogP contribution in [0.25, 0.3) is 11.5 Å². The van der Waals surface area contributed by atoms with Gasteiger partial charge in [-0.15, -0.1) is 5.10 Å². The van der Waals surface area contributed by atoms with Gasteiger partial charge >= 0.3 is 5.97 Å². The fourth-order valence-electron chi connectivity index (χ4n) is 1.81. The molecule has 0 aromatic carbocycles. The lowest BCUT2D eigenvalue weighted by molar-refractivity contribution is 0.0691. The first-order chi connectivity index (χ1) is 9.00. The topological polar surface area (TPSA) is 85.8 Å². The molecule has 0 unspecified atom stereocenters. The number of carboxylic acid groups (broad SMARTS) is 1. The Hall–Kier alpha value is -2.18. The van der Waals surface area contributed by atoms with Gasteiger partial charge in [0, 0.05) is 26.0 Å². The van der Waals surface area contributed by atoms with Crippen LogP contribution in [0, 0.1) is 5.92 Å². The Kier molecular flexibility index (Phi) is 3.64. The Labute approximate surface area is 110 Å². The molecular formula is C12H17N5O2. The maximum Gasteiger partial charge on any atom is 0.358 e. The molecule has 0 saturated carbocycles. The van der Waals surface area contributed by atoms with Gasteiger partial charge in [0.1, 0.15) is 5.69 Å². The lowest BCUT2D eigenvalue weighted by atomic mass is 10.1. The highest BCUT2D eigenvalue weighted by Crippen LogP contribution is 2.21. The molecule has 0 aliphatic rings. The minimum atomic E-state index is -1.09. The van der Waals surface area contributed by atoms with E-state index in [9.17, 15) is 9.90 Å². The van der Waals surface area contributed by atoms with Crippen molar-refractivity contribution in [3.63, 3.8) is 0 Å². The summed E-state index contributed by atoms with van der Waals surface area (Å²) < 4.78 is 3.38. The second-order valence-corrected chi connectivity index (χ2v) is 4.86. The summed E-state index contributed by atoms with van der Waals surface area (Å²) in [4.78, 5) is 15.4. The molecule has 0 bridgehead atoms. The van der Waals surface area contributed by atoms with Gasteiger partial charge in [0.15, 0.2) is 5.82 Å². The number of carboxylic acids is 1. The standard InChI is InChI=1S/C12H17N5O2/c1-8(2)4-6-17-10(9(12(18)19)14-15-17)11-13-5-7-16(11)3/h5,7-8H,4,6H2,1-3H3,(H,18,19). The average molecular weight is 263 g/mol. The maximum absolute atomic E-state index is 11.2. The van der Waals surface area contributed by atoms with Crippen LogP contribution in [0.2, 0.25) is 0 Å². The smallest absolute Gasteiger partial charge is 0.358 e. The molecule has 0 fully saturated rings. The van der Waals surface area contributed by atoms with Gasteiger partial charge in [-0.3, -0.25) is 0 Å². The van der Waals surface area contributed by atoms with Crippen molar-refractivity contribution in [2.75, 3.05) is 0 Å². The molecule has 19 heavy (non-hydrogen) atoms. The summed E-state index contributed by atoms with van der Waals surface area (Å²) in [6.45, 7) is 4.84. The lowest BCUT2D eigenvalue weighted by Crippen LogP contribution is -2.09. The van der Waals surface area contributed by atoms with Crippen molar-refractivity contribution in [3.8, 4) is 11.5 Å². The van der Waals surface area contributed by atoms with E-state index in [4.69, 9.17) is 0 Å². The zero-order valence-electron chi connectivity index (χ0n) is 11.2.